The fraction of sp³-hybridized carbons (Fsp3) is 0.556. The monoisotopic (exact) mass is 360 g/mol. The van der Waals surface area contributed by atoms with Crippen molar-refractivity contribution in [3.05, 3.63) is 33.9 Å². The number of ether oxygens (including phenoxy) is 1. The molecule has 0 saturated heterocycles. The Morgan fingerprint density at radius 1 is 1.42 bits per heavy atom. The molecule has 0 bridgehead atoms. The van der Waals surface area contributed by atoms with E-state index in [1.165, 1.54) is 6.07 Å². The van der Waals surface area contributed by atoms with Gasteiger partial charge in [0.1, 0.15) is 11.3 Å². The van der Waals surface area contributed by atoms with E-state index in [1.54, 1.807) is 32.9 Å². The Morgan fingerprint density at radius 2 is 2.15 bits per heavy atom. The van der Waals surface area contributed by atoms with Crippen molar-refractivity contribution in [2.24, 2.45) is 5.92 Å². The quantitative estimate of drug-likeness (QED) is 0.612. The number of nitrogens with zero attached hydrogens (tertiary/aromatic N) is 2. The minimum absolute atomic E-state index is 0.0107. The fourth-order valence-electron chi connectivity index (χ4n) is 3.07. The van der Waals surface area contributed by atoms with Gasteiger partial charge >= 0.3 is 6.09 Å². The van der Waals surface area contributed by atoms with E-state index in [-0.39, 0.29) is 23.2 Å². The highest BCUT2D eigenvalue weighted by molar-refractivity contribution is 5.67. The SMILES string of the molecule is CC(C)(C)OC(=O)NCC1CCCC1Nc1ccc(C#N)cc1[N+](=O)[O-]. The van der Waals surface area contributed by atoms with Crippen LogP contribution in [0.4, 0.5) is 16.2 Å². The number of alkyl carbamates (subject to hydrolysis) is 1. The molecule has 1 fully saturated rings. The summed E-state index contributed by atoms with van der Waals surface area (Å²) in [7, 11) is 0. The molecule has 0 aliphatic heterocycles. The number of nitro groups is 1. The Hall–Kier alpha value is -2.82. The predicted molar refractivity (Wildman–Crippen MR) is 96.8 cm³/mol. The highest BCUT2D eigenvalue weighted by Gasteiger charge is 2.30. The number of anilines is 1. The number of hydrogen-bond donors (Lipinski definition) is 2. The van der Waals surface area contributed by atoms with Crippen LogP contribution in [0, 0.1) is 27.4 Å². The van der Waals surface area contributed by atoms with Crippen LogP contribution in [0.15, 0.2) is 18.2 Å². The zero-order valence-corrected chi connectivity index (χ0v) is 15.2. The van der Waals surface area contributed by atoms with Crippen LogP contribution < -0.4 is 10.6 Å². The van der Waals surface area contributed by atoms with Gasteiger partial charge in [0.25, 0.3) is 5.69 Å². The average Bonchev–Trinajstić information content (AvgIpc) is 2.98. The summed E-state index contributed by atoms with van der Waals surface area (Å²) in [6.07, 6.45) is 2.28. The molecule has 2 unspecified atom stereocenters. The van der Waals surface area contributed by atoms with Gasteiger partial charge in [0.05, 0.1) is 16.6 Å². The molecule has 8 nitrogen and oxygen atoms in total. The van der Waals surface area contributed by atoms with Crippen molar-refractivity contribution in [3.63, 3.8) is 0 Å². The van der Waals surface area contributed by atoms with E-state index >= 15 is 0 Å². The molecule has 0 aromatic heterocycles. The van der Waals surface area contributed by atoms with Crippen LogP contribution in [0.3, 0.4) is 0 Å². The molecule has 0 spiro atoms. The molecule has 2 N–H and O–H groups in total. The molecule has 2 atom stereocenters. The van der Waals surface area contributed by atoms with Crippen LogP contribution in [0.1, 0.15) is 45.6 Å². The van der Waals surface area contributed by atoms with Crippen LogP contribution in [0.25, 0.3) is 0 Å². The lowest BCUT2D eigenvalue weighted by Crippen LogP contribution is -2.38. The summed E-state index contributed by atoms with van der Waals surface area (Å²) in [6, 6.07) is 6.31. The molecule has 26 heavy (non-hydrogen) atoms. The Labute approximate surface area is 152 Å². The molecule has 1 aliphatic carbocycles. The zero-order chi connectivity index (χ0) is 19.3. The molecule has 2 rings (SSSR count). The van der Waals surface area contributed by atoms with Gasteiger partial charge < -0.3 is 15.4 Å². The van der Waals surface area contributed by atoms with Crippen LogP contribution in [0.5, 0.6) is 0 Å². The first kappa shape index (κ1) is 19.5. The first-order chi connectivity index (χ1) is 12.2. The zero-order valence-electron chi connectivity index (χ0n) is 15.2. The fourth-order valence-corrected chi connectivity index (χ4v) is 3.07. The van der Waals surface area contributed by atoms with Crippen LogP contribution in [-0.2, 0) is 4.74 Å². The molecule has 1 aromatic carbocycles. The number of benzene rings is 1. The van der Waals surface area contributed by atoms with Gasteiger partial charge in [-0.25, -0.2) is 4.79 Å². The van der Waals surface area contributed by atoms with Crippen molar-refractivity contribution in [1.29, 1.82) is 5.26 Å². The molecule has 1 aliphatic rings. The van der Waals surface area contributed by atoms with E-state index in [1.807, 2.05) is 6.07 Å². The number of rotatable bonds is 5. The summed E-state index contributed by atoms with van der Waals surface area (Å²) in [5.74, 6) is 0.151. The van der Waals surface area contributed by atoms with Gasteiger partial charge in [-0.1, -0.05) is 6.42 Å². The molecule has 0 heterocycles. The Kier molecular flexibility index (Phi) is 6.03. The molecule has 1 amide bonds. The number of carbonyl (C=O) groups is 1. The number of nitriles is 1. The normalized spacial score (nSPS) is 19.5. The van der Waals surface area contributed by atoms with E-state index in [2.05, 4.69) is 10.6 Å². The first-order valence-electron chi connectivity index (χ1n) is 8.61. The van der Waals surface area contributed by atoms with Gasteiger partial charge in [0.15, 0.2) is 0 Å². The second kappa shape index (κ2) is 8.04. The molecule has 0 radical (unpaired) electrons. The highest BCUT2D eigenvalue weighted by Crippen LogP contribution is 2.32. The molecule has 1 saturated carbocycles. The van der Waals surface area contributed by atoms with Gasteiger partial charge in [0.2, 0.25) is 0 Å². The molecular weight excluding hydrogens is 336 g/mol. The standard InChI is InChI=1S/C18H24N4O4/c1-18(2,3)26-17(23)20-11-13-5-4-6-14(13)21-15-8-7-12(10-19)9-16(15)22(24)25/h7-9,13-14,21H,4-6,11H2,1-3H3,(H,20,23). The number of nitro benzene ring substituents is 1. The first-order valence-corrected chi connectivity index (χ1v) is 8.61. The largest absolute Gasteiger partial charge is 0.444 e. The van der Waals surface area contributed by atoms with Gasteiger partial charge in [0, 0.05) is 18.7 Å². The third kappa shape index (κ3) is 5.34. The lowest BCUT2D eigenvalue weighted by molar-refractivity contribution is -0.384. The van der Waals surface area contributed by atoms with Gasteiger partial charge in [-0.3, -0.25) is 10.1 Å². The molecule has 1 aromatic rings. The van der Waals surface area contributed by atoms with Crippen LogP contribution in [0.2, 0.25) is 0 Å². The van der Waals surface area contributed by atoms with E-state index in [4.69, 9.17) is 10.00 Å². The van der Waals surface area contributed by atoms with Crippen molar-refractivity contribution in [2.75, 3.05) is 11.9 Å². The Balaban J connectivity index is 2.02. The maximum absolute atomic E-state index is 11.8. The summed E-state index contributed by atoms with van der Waals surface area (Å²) < 4.78 is 5.24. The third-order valence-corrected chi connectivity index (χ3v) is 4.23. The summed E-state index contributed by atoms with van der Waals surface area (Å²) in [4.78, 5) is 22.6. The van der Waals surface area contributed by atoms with Gasteiger partial charge in [-0.2, -0.15) is 5.26 Å². The van der Waals surface area contributed by atoms with Crippen molar-refractivity contribution in [1.82, 2.24) is 5.32 Å². The lowest BCUT2D eigenvalue weighted by Gasteiger charge is -2.24. The average molecular weight is 360 g/mol. The van der Waals surface area contributed by atoms with Crippen LogP contribution in [-0.4, -0.2) is 29.2 Å². The maximum atomic E-state index is 11.8. The number of nitrogens with one attached hydrogen (secondary N) is 2. The van der Waals surface area contributed by atoms with E-state index in [9.17, 15) is 14.9 Å². The van der Waals surface area contributed by atoms with Crippen LogP contribution >= 0.6 is 0 Å². The second-order valence-corrected chi connectivity index (χ2v) is 7.43. The predicted octanol–water partition coefficient (Wildman–Crippen LogP) is 3.57. The minimum atomic E-state index is -0.555. The Bertz CT molecular complexity index is 721. The summed E-state index contributed by atoms with van der Waals surface area (Å²) in [6.45, 7) is 5.85. The molecule has 8 heteroatoms. The lowest BCUT2D eigenvalue weighted by atomic mass is 10.0. The maximum Gasteiger partial charge on any atom is 0.407 e. The third-order valence-electron chi connectivity index (χ3n) is 4.23. The summed E-state index contributed by atoms with van der Waals surface area (Å²) in [5.41, 5.74) is -0.0321. The number of carbonyl (C=O) groups excluding carboxylic acids is 1. The summed E-state index contributed by atoms with van der Waals surface area (Å²) in [5, 5.41) is 26.2. The van der Waals surface area contributed by atoms with Gasteiger partial charge in [-0.05, 0) is 51.7 Å². The minimum Gasteiger partial charge on any atom is -0.444 e. The molecule has 140 valence electrons. The van der Waals surface area contributed by atoms with E-state index in [0.29, 0.717) is 12.2 Å². The second-order valence-electron chi connectivity index (χ2n) is 7.43. The van der Waals surface area contributed by atoms with E-state index in [0.717, 1.165) is 19.3 Å². The van der Waals surface area contributed by atoms with Crippen molar-refractivity contribution in [2.45, 2.75) is 51.7 Å². The number of hydrogen-bond acceptors (Lipinski definition) is 6. The van der Waals surface area contributed by atoms with Gasteiger partial charge in [-0.15, -0.1) is 0 Å². The van der Waals surface area contributed by atoms with E-state index < -0.39 is 16.6 Å². The summed E-state index contributed by atoms with van der Waals surface area (Å²) >= 11 is 0. The smallest absolute Gasteiger partial charge is 0.407 e. The van der Waals surface area contributed by atoms with Crippen molar-refractivity contribution >= 4 is 17.5 Å². The molecular formula is C18H24N4O4. The highest BCUT2D eigenvalue weighted by atomic mass is 16.6. The number of amides is 1. The van der Waals surface area contributed by atoms with Crippen molar-refractivity contribution < 1.29 is 14.5 Å². The topological polar surface area (TPSA) is 117 Å². The Morgan fingerprint density at radius 3 is 2.77 bits per heavy atom. The van der Waals surface area contributed by atoms with Crippen molar-refractivity contribution in [3.8, 4) is 6.07 Å².